The van der Waals surface area contributed by atoms with Gasteiger partial charge in [0.05, 0.1) is 18.6 Å². The Morgan fingerprint density at radius 3 is 2.78 bits per heavy atom. The molecule has 18 heavy (non-hydrogen) atoms. The van der Waals surface area contributed by atoms with Crippen LogP contribution in [0.5, 0.6) is 0 Å². The highest BCUT2D eigenvalue weighted by Gasteiger charge is 2.32. The highest BCUT2D eigenvalue weighted by Crippen LogP contribution is 2.30. The zero-order valence-corrected chi connectivity index (χ0v) is 10.9. The molecule has 96 valence electrons. The number of carbonyl (C=O) groups excluding carboxylic acids is 2. The maximum atomic E-state index is 12.0. The lowest BCUT2D eigenvalue weighted by atomic mass is 10.4. The molecule has 0 atom stereocenters. The number of rotatable bonds is 5. The van der Waals surface area contributed by atoms with Gasteiger partial charge in [-0.25, -0.2) is 4.79 Å². The van der Waals surface area contributed by atoms with Crippen molar-refractivity contribution in [1.29, 1.82) is 0 Å². The second-order valence-electron chi connectivity index (χ2n) is 3.25. The van der Waals surface area contributed by atoms with E-state index in [1.165, 1.54) is 18.1 Å². The summed E-state index contributed by atoms with van der Waals surface area (Å²) < 4.78 is 4.50. The molecule has 0 N–H and O–H groups in total. The van der Waals surface area contributed by atoms with Gasteiger partial charge in [0, 0.05) is 12.6 Å². The quantitative estimate of drug-likeness (QED) is 0.428. The average Bonchev–Trinajstić information content (AvgIpc) is 2.65. The number of ether oxygens (including phenoxy) is 1. The van der Waals surface area contributed by atoms with E-state index in [0.29, 0.717) is 23.2 Å². The first-order valence-corrected chi connectivity index (χ1v) is 6.01. The highest BCUT2D eigenvalue weighted by atomic mass is 32.2. The number of carbonyl (C=O) groups is 2. The lowest BCUT2D eigenvalue weighted by Crippen LogP contribution is -2.29. The molecule has 1 amide bonds. The van der Waals surface area contributed by atoms with E-state index in [1.54, 1.807) is 12.2 Å². The summed E-state index contributed by atoms with van der Waals surface area (Å²) in [5.41, 5.74) is 0. The van der Waals surface area contributed by atoms with Crippen LogP contribution >= 0.6 is 11.8 Å². The molecule has 1 aliphatic heterocycles. The maximum Gasteiger partial charge on any atom is 0.331 e. The Hall–Kier alpha value is -1.82. The predicted molar refractivity (Wildman–Crippen MR) is 72.1 cm³/mol. The molecule has 0 unspecified atom stereocenters. The number of esters is 1. The molecular weight excluding hydrogens is 252 g/mol. The zero-order valence-electron chi connectivity index (χ0n) is 10.1. The summed E-state index contributed by atoms with van der Waals surface area (Å²) >= 11 is 1.14. The summed E-state index contributed by atoms with van der Waals surface area (Å²) in [5, 5.41) is 0.537. The van der Waals surface area contributed by atoms with E-state index in [2.05, 4.69) is 22.9 Å². The Labute approximate surface area is 110 Å². The molecule has 1 saturated heterocycles. The molecule has 0 spiro atoms. The SMILES string of the molecule is C=CCN=C1SC(=CC(=O)OC)C(=O)N1CC=C. The van der Waals surface area contributed by atoms with Gasteiger partial charge in [0.25, 0.3) is 5.91 Å². The third-order valence-corrected chi connectivity index (χ3v) is 3.05. The van der Waals surface area contributed by atoms with Crippen LogP contribution < -0.4 is 0 Å². The first kappa shape index (κ1) is 14.2. The van der Waals surface area contributed by atoms with Crippen LogP contribution in [0.2, 0.25) is 0 Å². The minimum atomic E-state index is -0.561. The molecule has 1 heterocycles. The van der Waals surface area contributed by atoms with Gasteiger partial charge < -0.3 is 4.74 Å². The van der Waals surface area contributed by atoms with Gasteiger partial charge in [-0.2, -0.15) is 0 Å². The summed E-state index contributed by atoms with van der Waals surface area (Å²) in [4.78, 5) is 29.1. The summed E-state index contributed by atoms with van der Waals surface area (Å²) in [6, 6.07) is 0. The number of amidine groups is 1. The van der Waals surface area contributed by atoms with Crippen molar-refractivity contribution in [2.45, 2.75) is 0 Å². The Bertz CT molecular complexity index is 441. The van der Waals surface area contributed by atoms with Crippen LogP contribution in [0, 0.1) is 0 Å². The predicted octanol–water partition coefficient (Wildman–Crippen LogP) is 1.35. The normalized spacial score (nSPS) is 19.4. The number of amides is 1. The van der Waals surface area contributed by atoms with Crippen LogP contribution in [0.15, 0.2) is 41.3 Å². The lowest BCUT2D eigenvalue weighted by Gasteiger charge is -2.11. The monoisotopic (exact) mass is 266 g/mol. The number of thioether (sulfide) groups is 1. The van der Waals surface area contributed by atoms with Gasteiger partial charge in [0.1, 0.15) is 0 Å². The largest absolute Gasteiger partial charge is 0.466 e. The summed E-state index contributed by atoms with van der Waals surface area (Å²) in [7, 11) is 1.26. The van der Waals surface area contributed by atoms with Gasteiger partial charge in [-0.15, -0.1) is 13.2 Å². The van der Waals surface area contributed by atoms with Gasteiger partial charge in [-0.1, -0.05) is 12.2 Å². The topological polar surface area (TPSA) is 59.0 Å². The van der Waals surface area contributed by atoms with Gasteiger partial charge in [-0.05, 0) is 11.8 Å². The van der Waals surface area contributed by atoms with Crippen molar-refractivity contribution in [3.8, 4) is 0 Å². The summed E-state index contributed by atoms with van der Waals surface area (Å²) in [6.07, 6.45) is 4.40. The second kappa shape index (κ2) is 6.80. The molecule has 0 radical (unpaired) electrons. The van der Waals surface area contributed by atoms with Crippen LogP contribution in [0.1, 0.15) is 0 Å². The van der Waals surface area contributed by atoms with Gasteiger partial charge in [0.15, 0.2) is 5.17 Å². The fourth-order valence-electron chi connectivity index (χ4n) is 1.22. The number of aliphatic imine (C=N–C) groups is 1. The number of methoxy groups -OCH3 is 1. The third kappa shape index (κ3) is 3.33. The first-order valence-electron chi connectivity index (χ1n) is 5.19. The summed E-state index contributed by atoms with van der Waals surface area (Å²) in [5.74, 6) is -0.831. The lowest BCUT2D eigenvalue weighted by molar-refractivity contribution is -0.135. The van der Waals surface area contributed by atoms with Crippen LogP contribution in [0.25, 0.3) is 0 Å². The Morgan fingerprint density at radius 2 is 2.22 bits per heavy atom. The molecule has 1 rings (SSSR count). The van der Waals surface area contributed by atoms with E-state index >= 15 is 0 Å². The Kier molecular flexibility index (Phi) is 5.38. The third-order valence-electron chi connectivity index (χ3n) is 2.01. The maximum absolute atomic E-state index is 12.0. The molecule has 1 aliphatic rings. The summed E-state index contributed by atoms with van der Waals surface area (Å²) in [6.45, 7) is 7.91. The minimum absolute atomic E-state index is 0.270. The Balaban J connectivity index is 2.98. The number of hydrogen-bond acceptors (Lipinski definition) is 5. The molecule has 0 bridgehead atoms. The molecule has 6 heteroatoms. The van der Waals surface area contributed by atoms with E-state index in [0.717, 1.165) is 11.8 Å². The molecule has 0 aromatic carbocycles. The van der Waals surface area contributed by atoms with Gasteiger partial charge in [0.2, 0.25) is 0 Å². The molecular formula is C12H14N2O3S. The van der Waals surface area contributed by atoms with Gasteiger partial charge in [-0.3, -0.25) is 14.7 Å². The van der Waals surface area contributed by atoms with Crippen LogP contribution in [-0.4, -0.2) is 42.1 Å². The number of hydrogen-bond donors (Lipinski definition) is 0. The van der Waals surface area contributed by atoms with Crippen molar-refractivity contribution in [2.75, 3.05) is 20.2 Å². The zero-order chi connectivity index (χ0) is 13.5. The Morgan fingerprint density at radius 1 is 1.50 bits per heavy atom. The smallest absolute Gasteiger partial charge is 0.331 e. The molecule has 0 saturated carbocycles. The minimum Gasteiger partial charge on any atom is -0.466 e. The standard InChI is InChI=1S/C12H14N2O3S/c1-4-6-13-12-14(7-5-2)11(16)9(18-12)8-10(15)17-3/h4-5,8H,1-2,6-7H2,3H3. The van der Waals surface area contributed by atoms with E-state index in [1.807, 2.05) is 0 Å². The average molecular weight is 266 g/mol. The van der Waals surface area contributed by atoms with E-state index in [-0.39, 0.29) is 5.91 Å². The van der Waals surface area contributed by atoms with Crippen LogP contribution in [0.3, 0.4) is 0 Å². The molecule has 0 aromatic heterocycles. The van der Waals surface area contributed by atoms with Gasteiger partial charge >= 0.3 is 5.97 Å². The van der Waals surface area contributed by atoms with Crippen molar-refractivity contribution in [2.24, 2.45) is 4.99 Å². The number of nitrogens with zero attached hydrogens (tertiary/aromatic N) is 2. The molecule has 5 nitrogen and oxygen atoms in total. The van der Waals surface area contributed by atoms with E-state index in [4.69, 9.17) is 0 Å². The molecule has 0 aliphatic carbocycles. The highest BCUT2D eigenvalue weighted by molar-refractivity contribution is 8.18. The van der Waals surface area contributed by atoms with Crippen molar-refractivity contribution in [3.05, 3.63) is 36.3 Å². The van der Waals surface area contributed by atoms with Crippen molar-refractivity contribution in [3.63, 3.8) is 0 Å². The molecule has 0 aromatic rings. The van der Waals surface area contributed by atoms with E-state index in [9.17, 15) is 9.59 Å². The molecule has 1 fully saturated rings. The van der Waals surface area contributed by atoms with Crippen molar-refractivity contribution < 1.29 is 14.3 Å². The van der Waals surface area contributed by atoms with E-state index < -0.39 is 5.97 Å². The fourth-order valence-corrected chi connectivity index (χ4v) is 2.18. The van der Waals surface area contributed by atoms with Crippen LogP contribution in [-0.2, 0) is 14.3 Å². The van der Waals surface area contributed by atoms with Crippen LogP contribution in [0.4, 0.5) is 0 Å². The van der Waals surface area contributed by atoms with Crippen molar-refractivity contribution in [1.82, 2.24) is 4.90 Å². The van der Waals surface area contributed by atoms with Crippen molar-refractivity contribution >= 4 is 28.8 Å². The fraction of sp³-hybridized carbons (Fsp3) is 0.250. The second-order valence-corrected chi connectivity index (χ2v) is 4.26. The first-order chi connectivity index (χ1) is 8.63.